The molecule has 1 unspecified atom stereocenters. The Labute approximate surface area is 99.4 Å². The standard InChI is InChI=1S/C10H9BrO3S/c1-13-7-3-5-15-10(7)8(12)9-6(11)2-4-14-9/h2-5,8,12H,1H3. The Bertz CT molecular complexity index is 449. The normalized spacial score (nSPS) is 12.7. The Balaban J connectivity index is 2.36. The number of aliphatic hydroxyl groups excluding tert-OH is 1. The van der Waals surface area contributed by atoms with E-state index < -0.39 is 6.10 Å². The first kappa shape index (κ1) is 10.7. The van der Waals surface area contributed by atoms with Gasteiger partial charge in [-0.1, -0.05) is 0 Å². The second kappa shape index (κ2) is 4.38. The molecule has 0 spiro atoms. The minimum Gasteiger partial charge on any atom is -0.495 e. The first-order valence-electron chi connectivity index (χ1n) is 4.26. The van der Waals surface area contributed by atoms with Crippen LogP contribution in [-0.2, 0) is 0 Å². The fraction of sp³-hybridized carbons (Fsp3) is 0.200. The molecule has 1 N–H and O–H groups in total. The first-order valence-corrected chi connectivity index (χ1v) is 5.93. The van der Waals surface area contributed by atoms with Gasteiger partial charge in [0.05, 0.1) is 22.7 Å². The molecule has 0 amide bonds. The maximum Gasteiger partial charge on any atom is 0.151 e. The average molecular weight is 289 g/mol. The largest absolute Gasteiger partial charge is 0.495 e. The Morgan fingerprint density at radius 1 is 1.53 bits per heavy atom. The van der Waals surface area contributed by atoms with Crippen LogP contribution in [0.2, 0.25) is 0 Å². The second-order valence-electron chi connectivity index (χ2n) is 2.89. The predicted molar refractivity (Wildman–Crippen MR) is 61.3 cm³/mol. The number of hydrogen-bond acceptors (Lipinski definition) is 4. The third-order valence-electron chi connectivity index (χ3n) is 2.02. The predicted octanol–water partition coefficient (Wildman–Crippen LogP) is 3.19. The van der Waals surface area contributed by atoms with Crippen molar-refractivity contribution in [2.45, 2.75) is 6.10 Å². The van der Waals surface area contributed by atoms with Crippen molar-refractivity contribution in [1.29, 1.82) is 0 Å². The zero-order valence-corrected chi connectivity index (χ0v) is 10.3. The van der Waals surface area contributed by atoms with E-state index >= 15 is 0 Å². The lowest BCUT2D eigenvalue weighted by atomic mass is 10.2. The molecule has 15 heavy (non-hydrogen) atoms. The molecule has 0 aliphatic heterocycles. The van der Waals surface area contributed by atoms with Crippen molar-refractivity contribution >= 4 is 27.3 Å². The van der Waals surface area contributed by atoms with Crippen LogP contribution in [-0.4, -0.2) is 12.2 Å². The number of methoxy groups -OCH3 is 1. The van der Waals surface area contributed by atoms with E-state index in [1.165, 1.54) is 17.6 Å². The third kappa shape index (κ3) is 1.95. The van der Waals surface area contributed by atoms with E-state index in [1.54, 1.807) is 13.2 Å². The van der Waals surface area contributed by atoms with E-state index in [-0.39, 0.29) is 0 Å². The second-order valence-corrected chi connectivity index (χ2v) is 4.69. The highest BCUT2D eigenvalue weighted by molar-refractivity contribution is 9.10. The summed E-state index contributed by atoms with van der Waals surface area (Å²) in [5.41, 5.74) is 0. The third-order valence-corrected chi connectivity index (χ3v) is 3.62. The smallest absolute Gasteiger partial charge is 0.151 e. The average Bonchev–Trinajstić information content (AvgIpc) is 2.84. The number of thiophene rings is 1. The van der Waals surface area contributed by atoms with Gasteiger partial charge in [-0.3, -0.25) is 0 Å². The van der Waals surface area contributed by atoms with Crippen LogP contribution < -0.4 is 4.74 Å². The van der Waals surface area contributed by atoms with Crippen molar-refractivity contribution in [2.75, 3.05) is 7.11 Å². The molecule has 5 heteroatoms. The summed E-state index contributed by atoms with van der Waals surface area (Å²) in [6, 6.07) is 3.57. The van der Waals surface area contributed by atoms with E-state index in [0.29, 0.717) is 11.5 Å². The fourth-order valence-corrected chi connectivity index (χ4v) is 2.56. The molecule has 0 fully saturated rings. The van der Waals surface area contributed by atoms with Crippen molar-refractivity contribution in [3.8, 4) is 5.75 Å². The Kier molecular flexibility index (Phi) is 3.14. The summed E-state index contributed by atoms with van der Waals surface area (Å²) in [4.78, 5) is 0.744. The fourth-order valence-electron chi connectivity index (χ4n) is 1.30. The quantitative estimate of drug-likeness (QED) is 0.943. The number of ether oxygens (including phenoxy) is 1. The van der Waals surface area contributed by atoms with Gasteiger partial charge in [0.25, 0.3) is 0 Å². The summed E-state index contributed by atoms with van der Waals surface area (Å²) in [6.45, 7) is 0. The minimum atomic E-state index is -0.788. The molecule has 0 aliphatic carbocycles. The first-order chi connectivity index (χ1) is 7.24. The Morgan fingerprint density at radius 3 is 2.93 bits per heavy atom. The lowest BCUT2D eigenvalue weighted by Gasteiger charge is -2.08. The van der Waals surface area contributed by atoms with E-state index in [0.717, 1.165) is 9.35 Å². The van der Waals surface area contributed by atoms with Crippen molar-refractivity contribution in [1.82, 2.24) is 0 Å². The summed E-state index contributed by atoms with van der Waals surface area (Å²) >= 11 is 4.74. The number of furan rings is 1. The zero-order chi connectivity index (χ0) is 10.8. The summed E-state index contributed by atoms with van der Waals surface area (Å²) in [6.07, 6.45) is 0.743. The van der Waals surface area contributed by atoms with Gasteiger partial charge in [-0.05, 0) is 33.4 Å². The molecule has 2 heterocycles. The molecule has 3 nitrogen and oxygen atoms in total. The summed E-state index contributed by atoms with van der Waals surface area (Å²) in [5, 5.41) is 11.9. The molecular formula is C10H9BrO3S. The molecule has 0 aromatic carbocycles. The van der Waals surface area contributed by atoms with Crippen LogP contribution in [0.5, 0.6) is 5.75 Å². The van der Waals surface area contributed by atoms with Crippen LogP contribution in [0.3, 0.4) is 0 Å². The molecule has 1 atom stereocenters. The van der Waals surface area contributed by atoms with Gasteiger partial charge < -0.3 is 14.3 Å². The highest BCUT2D eigenvalue weighted by Gasteiger charge is 2.21. The minimum absolute atomic E-state index is 0.496. The molecular weight excluding hydrogens is 280 g/mol. The summed E-state index contributed by atoms with van der Waals surface area (Å²) in [7, 11) is 1.58. The highest BCUT2D eigenvalue weighted by atomic mass is 79.9. The van der Waals surface area contributed by atoms with E-state index in [9.17, 15) is 5.11 Å². The zero-order valence-electron chi connectivity index (χ0n) is 7.94. The maximum atomic E-state index is 10.1. The number of rotatable bonds is 3. The van der Waals surface area contributed by atoms with Gasteiger partial charge in [0.1, 0.15) is 5.75 Å². The van der Waals surface area contributed by atoms with Crippen LogP contribution in [0, 0.1) is 0 Å². The molecule has 2 rings (SSSR count). The van der Waals surface area contributed by atoms with Crippen molar-refractivity contribution in [3.05, 3.63) is 38.9 Å². The van der Waals surface area contributed by atoms with Crippen LogP contribution >= 0.6 is 27.3 Å². The van der Waals surface area contributed by atoms with Gasteiger partial charge in [-0.2, -0.15) is 0 Å². The molecule has 0 radical (unpaired) electrons. The Morgan fingerprint density at radius 2 is 2.33 bits per heavy atom. The maximum absolute atomic E-state index is 10.1. The van der Waals surface area contributed by atoms with Crippen LogP contribution in [0.25, 0.3) is 0 Å². The summed E-state index contributed by atoms with van der Waals surface area (Å²) in [5.74, 6) is 1.17. The van der Waals surface area contributed by atoms with E-state index in [2.05, 4.69) is 15.9 Å². The van der Waals surface area contributed by atoms with Crippen molar-refractivity contribution in [2.24, 2.45) is 0 Å². The molecule has 0 saturated carbocycles. The van der Waals surface area contributed by atoms with Crippen LogP contribution in [0.15, 0.2) is 32.7 Å². The van der Waals surface area contributed by atoms with Gasteiger partial charge in [0, 0.05) is 0 Å². The van der Waals surface area contributed by atoms with E-state index in [4.69, 9.17) is 9.15 Å². The SMILES string of the molecule is COc1ccsc1C(O)c1occc1Br. The van der Waals surface area contributed by atoms with Gasteiger partial charge in [0.2, 0.25) is 0 Å². The molecule has 0 saturated heterocycles. The molecule has 2 aromatic heterocycles. The van der Waals surface area contributed by atoms with Crippen molar-refractivity contribution in [3.63, 3.8) is 0 Å². The number of halogens is 1. The lowest BCUT2D eigenvalue weighted by Crippen LogP contribution is -1.98. The monoisotopic (exact) mass is 288 g/mol. The van der Waals surface area contributed by atoms with Gasteiger partial charge in [-0.15, -0.1) is 11.3 Å². The van der Waals surface area contributed by atoms with Gasteiger partial charge in [-0.25, -0.2) is 0 Å². The molecule has 0 aliphatic rings. The van der Waals surface area contributed by atoms with Gasteiger partial charge >= 0.3 is 0 Å². The van der Waals surface area contributed by atoms with Crippen LogP contribution in [0.1, 0.15) is 16.7 Å². The topological polar surface area (TPSA) is 42.6 Å². The Hall–Kier alpha value is -0.780. The molecule has 0 bridgehead atoms. The number of hydrogen-bond donors (Lipinski definition) is 1. The molecule has 80 valence electrons. The van der Waals surface area contributed by atoms with Gasteiger partial charge in [0.15, 0.2) is 11.9 Å². The van der Waals surface area contributed by atoms with Crippen LogP contribution in [0.4, 0.5) is 0 Å². The molecule has 2 aromatic rings. The summed E-state index contributed by atoms with van der Waals surface area (Å²) < 4.78 is 11.1. The lowest BCUT2D eigenvalue weighted by molar-refractivity contribution is 0.188. The highest BCUT2D eigenvalue weighted by Crippen LogP contribution is 2.37. The number of aliphatic hydroxyl groups is 1. The van der Waals surface area contributed by atoms with Crippen molar-refractivity contribution < 1.29 is 14.3 Å². The van der Waals surface area contributed by atoms with E-state index in [1.807, 2.05) is 11.4 Å².